The third-order valence-electron chi connectivity index (χ3n) is 3.11. The van der Waals surface area contributed by atoms with E-state index in [4.69, 9.17) is 10.5 Å². The van der Waals surface area contributed by atoms with Crippen LogP contribution in [0.1, 0.15) is 12.5 Å². The Morgan fingerprint density at radius 2 is 1.95 bits per heavy atom. The molecule has 2 rings (SSSR count). The number of hydrogen-bond donors (Lipinski definition) is 1. The van der Waals surface area contributed by atoms with E-state index in [2.05, 4.69) is 11.9 Å². The van der Waals surface area contributed by atoms with Crippen LogP contribution in [-0.2, 0) is 0 Å². The zero-order valence-corrected chi connectivity index (χ0v) is 11.2. The number of allylic oxidation sites excluding steroid dienone is 2. The number of nitrogens with zero attached hydrogens (tertiary/aromatic N) is 3. The topological polar surface area (TPSA) is 62.9 Å². The number of nitriles is 2. The molecule has 1 N–H and O–H groups in total. The molecule has 0 bridgehead atoms. The Labute approximate surface area is 118 Å². The molecule has 0 saturated heterocycles. The average Bonchev–Trinajstić information content (AvgIpc) is 2.80. The third-order valence-corrected chi connectivity index (χ3v) is 3.11. The molecular formula is C16H14N4. The highest BCUT2D eigenvalue weighted by Gasteiger charge is 2.26. The Balaban J connectivity index is 2.52. The molecule has 98 valence electrons. The van der Waals surface area contributed by atoms with Crippen LogP contribution in [0.25, 0.3) is 5.70 Å². The largest absolute Gasteiger partial charge is 0.338 e. The predicted molar refractivity (Wildman–Crippen MR) is 77.3 cm³/mol. The van der Waals surface area contributed by atoms with Crippen LogP contribution in [0.15, 0.2) is 60.1 Å². The standard InChI is InChI=1S/C16H14N4/c1-3-9-20-12(2)15(13-7-5-4-6-8-13)19-16(20)14(10-17)11-18/h3-8,19H,1,9H2,2H3. The molecule has 0 spiro atoms. The van der Waals surface area contributed by atoms with E-state index in [1.165, 1.54) is 0 Å². The summed E-state index contributed by atoms with van der Waals surface area (Å²) in [5.41, 5.74) is 2.96. The van der Waals surface area contributed by atoms with Gasteiger partial charge in [-0.2, -0.15) is 10.5 Å². The van der Waals surface area contributed by atoms with Gasteiger partial charge in [0.25, 0.3) is 0 Å². The lowest BCUT2D eigenvalue weighted by Gasteiger charge is -2.18. The molecule has 0 aliphatic carbocycles. The lowest BCUT2D eigenvalue weighted by molar-refractivity contribution is 0.480. The Bertz CT molecular complexity index is 653. The summed E-state index contributed by atoms with van der Waals surface area (Å²) in [6.45, 7) is 6.22. The summed E-state index contributed by atoms with van der Waals surface area (Å²) in [6, 6.07) is 13.7. The van der Waals surface area contributed by atoms with Crippen molar-refractivity contribution in [3.8, 4) is 12.1 Å². The van der Waals surface area contributed by atoms with Gasteiger partial charge in [-0.05, 0) is 12.5 Å². The molecule has 20 heavy (non-hydrogen) atoms. The van der Waals surface area contributed by atoms with Gasteiger partial charge < -0.3 is 10.2 Å². The van der Waals surface area contributed by atoms with Crippen molar-refractivity contribution in [1.82, 2.24) is 10.2 Å². The second kappa shape index (κ2) is 5.77. The molecule has 0 atom stereocenters. The summed E-state index contributed by atoms with van der Waals surface area (Å²) in [7, 11) is 0. The fraction of sp³-hybridized carbons (Fsp3) is 0.125. The molecule has 1 heterocycles. The van der Waals surface area contributed by atoms with E-state index in [1.807, 2.05) is 54.3 Å². The van der Waals surface area contributed by atoms with Gasteiger partial charge in [-0.15, -0.1) is 6.58 Å². The van der Waals surface area contributed by atoms with Crippen LogP contribution < -0.4 is 5.32 Å². The van der Waals surface area contributed by atoms with E-state index in [-0.39, 0.29) is 5.57 Å². The molecule has 0 fully saturated rings. The number of nitrogens with one attached hydrogen (secondary N) is 1. The first-order valence-corrected chi connectivity index (χ1v) is 6.19. The molecule has 0 amide bonds. The van der Waals surface area contributed by atoms with E-state index in [1.54, 1.807) is 6.08 Å². The summed E-state index contributed by atoms with van der Waals surface area (Å²) >= 11 is 0. The van der Waals surface area contributed by atoms with Crippen LogP contribution in [0.2, 0.25) is 0 Å². The van der Waals surface area contributed by atoms with Crippen molar-refractivity contribution in [2.24, 2.45) is 0 Å². The summed E-state index contributed by atoms with van der Waals surface area (Å²) in [5.74, 6) is 0.520. The third kappa shape index (κ3) is 2.28. The maximum absolute atomic E-state index is 9.07. The zero-order chi connectivity index (χ0) is 14.5. The van der Waals surface area contributed by atoms with Gasteiger partial charge in [0.2, 0.25) is 0 Å². The van der Waals surface area contributed by atoms with Crippen LogP contribution >= 0.6 is 0 Å². The fourth-order valence-corrected chi connectivity index (χ4v) is 2.15. The molecule has 1 aliphatic rings. The predicted octanol–water partition coefficient (Wildman–Crippen LogP) is 2.73. The summed E-state index contributed by atoms with van der Waals surface area (Å²) in [5, 5.41) is 21.3. The van der Waals surface area contributed by atoms with E-state index >= 15 is 0 Å². The SMILES string of the molecule is C=CCN1C(C)=C(c2ccccc2)NC1=C(C#N)C#N. The van der Waals surface area contributed by atoms with E-state index in [0.717, 1.165) is 17.0 Å². The molecule has 1 aromatic carbocycles. The summed E-state index contributed by atoms with van der Waals surface area (Å²) in [6.07, 6.45) is 1.74. The van der Waals surface area contributed by atoms with E-state index in [0.29, 0.717) is 12.4 Å². The Morgan fingerprint density at radius 3 is 2.50 bits per heavy atom. The van der Waals surface area contributed by atoms with Crippen LogP contribution in [0, 0.1) is 22.7 Å². The second-order valence-electron chi connectivity index (χ2n) is 4.30. The van der Waals surface area contributed by atoms with Gasteiger partial charge in [0.15, 0.2) is 5.57 Å². The quantitative estimate of drug-likeness (QED) is 0.672. The average molecular weight is 262 g/mol. The van der Waals surface area contributed by atoms with E-state index < -0.39 is 0 Å². The van der Waals surface area contributed by atoms with Crippen LogP contribution in [0.4, 0.5) is 0 Å². The van der Waals surface area contributed by atoms with Crippen LogP contribution in [0.3, 0.4) is 0 Å². The molecule has 4 nitrogen and oxygen atoms in total. The second-order valence-corrected chi connectivity index (χ2v) is 4.30. The summed E-state index contributed by atoms with van der Waals surface area (Å²) in [4.78, 5) is 1.89. The molecule has 0 saturated carbocycles. The van der Waals surface area contributed by atoms with Crippen molar-refractivity contribution in [3.63, 3.8) is 0 Å². The first kappa shape index (κ1) is 13.5. The maximum Gasteiger partial charge on any atom is 0.170 e. The van der Waals surface area contributed by atoms with Crippen molar-refractivity contribution in [3.05, 3.63) is 65.6 Å². The Kier molecular flexibility index (Phi) is 3.88. The fourth-order valence-electron chi connectivity index (χ4n) is 2.15. The number of rotatable bonds is 3. The molecule has 0 radical (unpaired) electrons. The maximum atomic E-state index is 9.07. The normalized spacial score (nSPS) is 13.6. The van der Waals surface area contributed by atoms with E-state index in [9.17, 15) is 0 Å². The van der Waals surface area contributed by atoms with Gasteiger partial charge >= 0.3 is 0 Å². The number of hydrogen-bond acceptors (Lipinski definition) is 4. The summed E-state index contributed by atoms with van der Waals surface area (Å²) < 4.78 is 0. The molecule has 1 aliphatic heterocycles. The van der Waals surface area contributed by atoms with Gasteiger partial charge in [0.05, 0.1) is 5.70 Å². The Hall–Kier alpha value is -2.98. The van der Waals surface area contributed by atoms with Gasteiger partial charge in [0.1, 0.15) is 18.0 Å². The lowest BCUT2D eigenvalue weighted by Crippen LogP contribution is -2.22. The molecule has 1 aromatic rings. The first-order valence-electron chi connectivity index (χ1n) is 6.19. The minimum atomic E-state index is 0.0668. The minimum absolute atomic E-state index is 0.0668. The number of benzene rings is 1. The van der Waals surface area contributed by atoms with Gasteiger partial charge in [-0.25, -0.2) is 0 Å². The molecule has 4 heteroatoms. The van der Waals surface area contributed by atoms with Crippen molar-refractivity contribution >= 4 is 5.70 Å². The molecular weight excluding hydrogens is 248 g/mol. The van der Waals surface area contributed by atoms with Crippen molar-refractivity contribution in [2.75, 3.05) is 6.54 Å². The van der Waals surface area contributed by atoms with Crippen LogP contribution in [0.5, 0.6) is 0 Å². The highest BCUT2D eigenvalue weighted by Crippen LogP contribution is 2.30. The zero-order valence-electron chi connectivity index (χ0n) is 11.2. The van der Waals surface area contributed by atoms with Gasteiger partial charge in [-0.3, -0.25) is 0 Å². The Morgan fingerprint density at radius 1 is 1.30 bits per heavy atom. The van der Waals surface area contributed by atoms with Crippen molar-refractivity contribution in [1.29, 1.82) is 10.5 Å². The van der Waals surface area contributed by atoms with Gasteiger partial charge in [-0.1, -0.05) is 36.4 Å². The van der Waals surface area contributed by atoms with Crippen molar-refractivity contribution < 1.29 is 0 Å². The highest BCUT2D eigenvalue weighted by atomic mass is 15.3. The smallest absolute Gasteiger partial charge is 0.170 e. The minimum Gasteiger partial charge on any atom is -0.338 e. The monoisotopic (exact) mass is 262 g/mol. The van der Waals surface area contributed by atoms with Gasteiger partial charge in [0, 0.05) is 12.2 Å². The first-order chi connectivity index (χ1) is 9.72. The van der Waals surface area contributed by atoms with Crippen LogP contribution in [-0.4, -0.2) is 11.4 Å². The molecule has 0 aromatic heterocycles. The lowest BCUT2D eigenvalue weighted by atomic mass is 10.1. The van der Waals surface area contributed by atoms with Crippen molar-refractivity contribution in [2.45, 2.75) is 6.92 Å². The highest BCUT2D eigenvalue weighted by molar-refractivity contribution is 5.72. The molecule has 0 unspecified atom stereocenters.